The minimum absolute atomic E-state index is 0. The molecular formula is C48H34Cl2Zr. The van der Waals surface area contributed by atoms with Crippen LogP contribution in [0, 0.1) is 19.3 Å². The van der Waals surface area contributed by atoms with Gasteiger partial charge in [-0.15, -0.1) is 0 Å². The molecule has 2 radical (unpaired) electrons. The Morgan fingerprint density at radius 3 is 1.27 bits per heavy atom. The van der Waals surface area contributed by atoms with E-state index >= 15 is 0 Å². The molecule has 3 aliphatic rings. The third kappa shape index (κ3) is 6.31. The van der Waals surface area contributed by atoms with E-state index in [1.54, 1.807) is 0 Å². The summed E-state index contributed by atoms with van der Waals surface area (Å²) in [6, 6.07) is 62.9. The smallest absolute Gasteiger partial charge is 1.00 e. The summed E-state index contributed by atoms with van der Waals surface area (Å²) in [6.07, 6.45) is 2.37. The van der Waals surface area contributed by atoms with E-state index in [0.29, 0.717) is 5.92 Å². The first-order chi connectivity index (χ1) is 23.8. The minimum Gasteiger partial charge on any atom is -1.00 e. The zero-order valence-corrected chi connectivity index (χ0v) is 31.9. The van der Waals surface area contributed by atoms with Crippen LogP contribution < -0.4 is 24.8 Å². The van der Waals surface area contributed by atoms with Crippen molar-refractivity contribution < 1.29 is 51.0 Å². The maximum Gasteiger partial charge on any atom is 2.00 e. The molecule has 0 atom stereocenters. The van der Waals surface area contributed by atoms with Crippen molar-refractivity contribution in [3.05, 3.63) is 228 Å². The first-order valence-electron chi connectivity index (χ1n) is 16.8. The van der Waals surface area contributed by atoms with Gasteiger partial charge < -0.3 is 24.8 Å². The predicted molar refractivity (Wildman–Crippen MR) is 203 cm³/mol. The summed E-state index contributed by atoms with van der Waals surface area (Å²) in [6.45, 7) is 4.66. The number of hydrogen-bond donors (Lipinski definition) is 0. The van der Waals surface area contributed by atoms with Gasteiger partial charge in [0.25, 0.3) is 0 Å². The van der Waals surface area contributed by atoms with Crippen LogP contribution in [-0.2, 0) is 26.2 Å². The molecule has 0 saturated heterocycles. The maximum absolute atomic E-state index is 4.66. The van der Waals surface area contributed by atoms with E-state index < -0.39 is 0 Å². The third-order valence-corrected chi connectivity index (χ3v) is 10.1. The quantitative estimate of drug-likeness (QED) is 0.200. The molecule has 244 valence electrons. The van der Waals surface area contributed by atoms with E-state index in [4.69, 9.17) is 0 Å². The van der Waals surface area contributed by atoms with E-state index in [0.717, 1.165) is 0 Å². The van der Waals surface area contributed by atoms with E-state index in [1.165, 1.54) is 83.1 Å². The van der Waals surface area contributed by atoms with Crippen LogP contribution in [0.5, 0.6) is 0 Å². The fourth-order valence-corrected chi connectivity index (χ4v) is 8.14. The second kappa shape index (κ2) is 15.5. The summed E-state index contributed by atoms with van der Waals surface area (Å²) in [5.74, 6) is 0.475. The normalized spacial score (nSPS) is 13.7. The van der Waals surface area contributed by atoms with Gasteiger partial charge in [-0.25, -0.2) is 0 Å². The Morgan fingerprint density at radius 1 is 0.412 bits per heavy atom. The molecule has 7 aromatic rings. The molecule has 51 heavy (non-hydrogen) atoms. The Bertz CT molecular complexity index is 2230. The Balaban J connectivity index is 0.000000174. The number of rotatable bonds is 4. The van der Waals surface area contributed by atoms with Gasteiger partial charge in [-0.1, -0.05) is 176 Å². The molecule has 0 fully saturated rings. The van der Waals surface area contributed by atoms with Gasteiger partial charge in [-0.3, -0.25) is 0 Å². The number of benzene rings is 7. The van der Waals surface area contributed by atoms with Gasteiger partial charge in [0.15, 0.2) is 0 Å². The Morgan fingerprint density at radius 2 is 0.804 bits per heavy atom. The Labute approximate surface area is 332 Å². The molecule has 0 N–H and O–H groups in total. The molecule has 0 saturated carbocycles. The second-order valence-corrected chi connectivity index (χ2v) is 12.8. The summed E-state index contributed by atoms with van der Waals surface area (Å²) in [7, 11) is 0. The van der Waals surface area contributed by atoms with Gasteiger partial charge in [0, 0.05) is 18.3 Å². The van der Waals surface area contributed by atoms with Crippen molar-refractivity contribution in [2.75, 3.05) is 0 Å². The number of halogens is 2. The van der Waals surface area contributed by atoms with Gasteiger partial charge >= 0.3 is 26.2 Å². The molecule has 10 rings (SSSR count). The SMILES string of the molecule is [CH2]C1C(c2ccccc2)=C2C(=C1c1ccccc1)c1cccc3cccc2c13.[CH](c1ccccc1)C1c2ccccc2-c2ccccc21.[Cl-].[Cl-].[Zr+2]. The average molecular weight is 773 g/mol. The predicted octanol–water partition coefficient (Wildman–Crippen LogP) is 6.20. The molecule has 7 aromatic carbocycles. The topological polar surface area (TPSA) is 0 Å². The number of allylic oxidation sites excluding steroid dienone is 4. The van der Waals surface area contributed by atoms with Crippen LogP contribution in [0.2, 0.25) is 0 Å². The third-order valence-electron chi connectivity index (χ3n) is 10.1. The largest absolute Gasteiger partial charge is 2.00 e. The maximum atomic E-state index is 4.66. The molecule has 0 bridgehead atoms. The molecule has 0 unspecified atom stereocenters. The van der Waals surface area contributed by atoms with Gasteiger partial charge in [-0.2, -0.15) is 0 Å². The summed E-state index contributed by atoms with van der Waals surface area (Å²) in [5, 5.41) is 2.69. The van der Waals surface area contributed by atoms with Crippen molar-refractivity contribution >= 4 is 33.1 Å². The molecule has 0 aromatic heterocycles. The molecule has 3 heteroatoms. The summed E-state index contributed by atoms with van der Waals surface area (Å²) in [5.41, 5.74) is 17.5. The van der Waals surface area contributed by atoms with Crippen molar-refractivity contribution in [1.29, 1.82) is 0 Å². The summed E-state index contributed by atoms with van der Waals surface area (Å²) < 4.78 is 0. The molecular weight excluding hydrogens is 739 g/mol. The fraction of sp³-hybridized carbons (Fsp3) is 0.0417. The van der Waals surface area contributed by atoms with Crippen molar-refractivity contribution in [2.45, 2.75) is 5.92 Å². The van der Waals surface area contributed by atoms with Crippen molar-refractivity contribution in [2.24, 2.45) is 5.92 Å². The molecule has 0 nitrogen and oxygen atoms in total. The molecule has 0 heterocycles. The average Bonchev–Trinajstić information content (AvgIpc) is 3.76. The van der Waals surface area contributed by atoms with Crippen LogP contribution >= 0.6 is 0 Å². The Kier molecular flexibility index (Phi) is 11.1. The molecule has 0 amide bonds. The van der Waals surface area contributed by atoms with Crippen LogP contribution in [0.4, 0.5) is 0 Å². The minimum atomic E-state index is 0. The Hall–Kier alpha value is -4.26. The van der Waals surface area contributed by atoms with Gasteiger partial charge in [0.2, 0.25) is 0 Å². The first-order valence-corrected chi connectivity index (χ1v) is 16.8. The monoisotopic (exact) mass is 770 g/mol. The standard InChI is InChI=1S/C28H19.C20H15.2ClH.Zr/c1-18-24(19-10-4-2-5-11-19)27-22-16-8-14-21-15-9-17-23(26(21)22)28(27)25(18)20-12-6-3-7-13-20;1-2-8-15(9-3-1)14-20-18-12-6-4-10-16(18)17-11-5-7-13-19(17)20;;;/h2-18H,1H2;1-14,20H;2*1H;/q;;;;+2/p-2. The first kappa shape index (κ1) is 36.5. The van der Waals surface area contributed by atoms with Gasteiger partial charge in [0.05, 0.1) is 0 Å². The fourth-order valence-electron chi connectivity index (χ4n) is 8.14. The van der Waals surface area contributed by atoms with E-state index in [2.05, 4.69) is 189 Å². The van der Waals surface area contributed by atoms with Gasteiger partial charge in [0.1, 0.15) is 0 Å². The summed E-state index contributed by atoms with van der Waals surface area (Å²) >= 11 is 0. The molecule has 0 spiro atoms. The van der Waals surface area contributed by atoms with Crippen LogP contribution in [0.3, 0.4) is 0 Å². The second-order valence-electron chi connectivity index (χ2n) is 12.8. The van der Waals surface area contributed by atoms with Crippen LogP contribution in [0.25, 0.3) is 44.2 Å². The van der Waals surface area contributed by atoms with Gasteiger partial charge in [-0.05, 0) is 90.1 Å². The van der Waals surface area contributed by atoms with Crippen LogP contribution in [0.15, 0.2) is 176 Å². The van der Waals surface area contributed by atoms with E-state index in [-0.39, 0.29) is 56.9 Å². The van der Waals surface area contributed by atoms with Crippen molar-refractivity contribution in [3.63, 3.8) is 0 Å². The number of hydrogen-bond acceptors (Lipinski definition) is 0. The summed E-state index contributed by atoms with van der Waals surface area (Å²) in [4.78, 5) is 0. The van der Waals surface area contributed by atoms with E-state index in [1.807, 2.05) is 0 Å². The van der Waals surface area contributed by atoms with Crippen molar-refractivity contribution in [3.8, 4) is 11.1 Å². The molecule has 0 aliphatic heterocycles. The van der Waals surface area contributed by atoms with Crippen LogP contribution in [-0.4, -0.2) is 0 Å². The van der Waals surface area contributed by atoms with E-state index in [9.17, 15) is 0 Å². The zero-order valence-electron chi connectivity index (χ0n) is 27.9. The number of fused-ring (bicyclic) bond motifs is 6. The van der Waals surface area contributed by atoms with Crippen LogP contribution in [0.1, 0.15) is 44.9 Å². The zero-order chi connectivity index (χ0) is 32.0. The molecule has 3 aliphatic carbocycles. The van der Waals surface area contributed by atoms with Crippen molar-refractivity contribution in [1.82, 2.24) is 0 Å².